The molecule has 0 radical (unpaired) electrons. The van der Waals surface area contributed by atoms with Gasteiger partial charge >= 0.3 is 5.97 Å². The maximum Gasteiger partial charge on any atom is 0.339 e. The van der Waals surface area contributed by atoms with Crippen molar-refractivity contribution in [2.24, 2.45) is 0 Å². The molecule has 170 valence electrons. The molecule has 4 aromatic carbocycles. The first-order valence-electron chi connectivity index (χ1n) is 11.0. The van der Waals surface area contributed by atoms with Crippen LogP contribution in [0.2, 0.25) is 0 Å². The number of ether oxygens (including phenoxy) is 1. The minimum Gasteiger partial charge on any atom is -0.457 e. The fraction of sp³-hybridized carbons (Fsp3) is 0.0345. The highest BCUT2D eigenvalue weighted by Crippen LogP contribution is 2.28. The molecule has 0 saturated heterocycles. The molecule has 6 nitrogen and oxygen atoms in total. The van der Waals surface area contributed by atoms with Crippen LogP contribution in [0, 0.1) is 10.1 Å². The van der Waals surface area contributed by atoms with E-state index < -0.39 is 10.9 Å². The number of non-ortho nitro benzene ring substituents is 1. The first-order valence-corrected chi connectivity index (χ1v) is 11.0. The Morgan fingerprint density at radius 2 is 1.46 bits per heavy atom. The summed E-state index contributed by atoms with van der Waals surface area (Å²) in [4.78, 5) is 28.4. The average Bonchev–Trinajstić information content (AvgIpc) is 2.92. The first kappa shape index (κ1) is 22.0. The normalized spacial score (nSPS) is 10.7. The van der Waals surface area contributed by atoms with Crippen LogP contribution in [0.25, 0.3) is 33.3 Å². The lowest BCUT2D eigenvalue weighted by atomic mass is 10.0. The van der Waals surface area contributed by atoms with Crippen LogP contribution in [0.1, 0.15) is 15.9 Å². The molecule has 0 unspecified atom stereocenters. The Morgan fingerprint density at radius 3 is 2.23 bits per heavy atom. The molecule has 5 rings (SSSR count). The molecule has 0 bridgehead atoms. The fourth-order valence-electron chi connectivity index (χ4n) is 3.94. The zero-order chi connectivity index (χ0) is 24.2. The van der Waals surface area contributed by atoms with Crippen molar-refractivity contribution >= 4 is 22.6 Å². The number of aromatic nitrogens is 1. The molecule has 0 spiro atoms. The molecule has 0 saturated carbocycles. The Kier molecular flexibility index (Phi) is 6.01. The number of para-hydroxylation sites is 1. The van der Waals surface area contributed by atoms with Crippen molar-refractivity contribution in [3.05, 3.63) is 130 Å². The summed E-state index contributed by atoms with van der Waals surface area (Å²) in [5.74, 6) is -0.516. The van der Waals surface area contributed by atoms with E-state index in [0.717, 1.165) is 16.7 Å². The highest BCUT2D eigenvalue weighted by atomic mass is 16.6. The Hall–Kier alpha value is -4.84. The van der Waals surface area contributed by atoms with E-state index in [1.807, 2.05) is 66.7 Å². The molecule has 0 aliphatic carbocycles. The number of nitro groups is 1. The summed E-state index contributed by atoms with van der Waals surface area (Å²) in [6.45, 7) is -0.0712. The summed E-state index contributed by atoms with van der Waals surface area (Å²) in [6, 6.07) is 33.3. The van der Waals surface area contributed by atoms with Gasteiger partial charge in [0.2, 0.25) is 0 Å². The minimum atomic E-state index is -0.516. The Labute approximate surface area is 201 Å². The summed E-state index contributed by atoms with van der Waals surface area (Å²) in [6.07, 6.45) is 0. The second-order valence-corrected chi connectivity index (χ2v) is 8.02. The summed E-state index contributed by atoms with van der Waals surface area (Å²) < 4.78 is 5.54. The van der Waals surface area contributed by atoms with Gasteiger partial charge in [0.25, 0.3) is 5.69 Å². The van der Waals surface area contributed by atoms with E-state index in [1.165, 1.54) is 12.1 Å². The van der Waals surface area contributed by atoms with Crippen LogP contribution in [0.4, 0.5) is 5.69 Å². The number of pyridine rings is 1. The van der Waals surface area contributed by atoms with Crippen LogP contribution >= 0.6 is 0 Å². The van der Waals surface area contributed by atoms with Gasteiger partial charge in [-0.3, -0.25) is 10.1 Å². The number of nitrogens with zero attached hydrogens (tertiary/aromatic N) is 2. The average molecular weight is 460 g/mol. The number of hydrogen-bond acceptors (Lipinski definition) is 5. The lowest BCUT2D eigenvalue weighted by Crippen LogP contribution is -2.07. The number of carbonyl (C=O) groups is 1. The van der Waals surface area contributed by atoms with Crippen molar-refractivity contribution < 1.29 is 14.5 Å². The van der Waals surface area contributed by atoms with E-state index >= 15 is 0 Å². The van der Waals surface area contributed by atoms with Crippen LogP contribution in [0.15, 0.2) is 109 Å². The van der Waals surface area contributed by atoms with Gasteiger partial charge in [0.05, 0.1) is 21.7 Å². The number of fused-ring (bicyclic) bond motifs is 1. The van der Waals surface area contributed by atoms with Gasteiger partial charge in [0.15, 0.2) is 0 Å². The quantitative estimate of drug-likeness (QED) is 0.157. The number of benzene rings is 4. The van der Waals surface area contributed by atoms with Crippen LogP contribution in [-0.4, -0.2) is 15.9 Å². The molecule has 6 heteroatoms. The van der Waals surface area contributed by atoms with Crippen LogP contribution < -0.4 is 0 Å². The van der Waals surface area contributed by atoms with E-state index in [2.05, 4.69) is 12.1 Å². The number of rotatable bonds is 6. The zero-order valence-electron chi connectivity index (χ0n) is 18.6. The van der Waals surface area contributed by atoms with Gasteiger partial charge in [-0.2, -0.15) is 0 Å². The van der Waals surface area contributed by atoms with E-state index in [0.29, 0.717) is 27.7 Å². The minimum absolute atomic E-state index is 0.0471. The third kappa shape index (κ3) is 4.77. The number of nitro benzene ring substituents is 1. The molecule has 0 fully saturated rings. The van der Waals surface area contributed by atoms with Crippen molar-refractivity contribution in [1.82, 2.24) is 4.98 Å². The highest BCUT2D eigenvalue weighted by Gasteiger charge is 2.16. The van der Waals surface area contributed by atoms with Crippen LogP contribution in [0.5, 0.6) is 0 Å². The van der Waals surface area contributed by atoms with Crippen molar-refractivity contribution in [3.8, 4) is 22.4 Å². The Bertz CT molecular complexity index is 1530. The smallest absolute Gasteiger partial charge is 0.339 e. The zero-order valence-corrected chi connectivity index (χ0v) is 18.6. The molecule has 0 N–H and O–H groups in total. The van der Waals surface area contributed by atoms with Crippen molar-refractivity contribution in [1.29, 1.82) is 0 Å². The van der Waals surface area contributed by atoms with Gasteiger partial charge in [-0.05, 0) is 28.8 Å². The third-order valence-corrected chi connectivity index (χ3v) is 5.72. The Morgan fingerprint density at radius 1 is 0.771 bits per heavy atom. The fourth-order valence-corrected chi connectivity index (χ4v) is 3.94. The predicted molar refractivity (Wildman–Crippen MR) is 135 cm³/mol. The molecular weight excluding hydrogens is 440 g/mol. The lowest BCUT2D eigenvalue weighted by molar-refractivity contribution is -0.384. The van der Waals surface area contributed by atoms with Crippen LogP contribution in [0.3, 0.4) is 0 Å². The summed E-state index contributed by atoms with van der Waals surface area (Å²) >= 11 is 0. The van der Waals surface area contributed by atoms with Gasteiger partial charge in [0, 0.05) is 23.1 Å². The van der Waals surface area contributed by atoms with E-state index in [1.54, 1.807) is 18.2 Å². The second kappa shape index (κ2) is 9.57. The SMILES string of the molecule is O=C(OCc1cccc([N+](=O)[O-])c1)c1cc(-c2ccc(-c3ccccc3)cc2)nc2ccccc12. The largest absolute Gasteiger partial charge is 0.457 e. The molecule has 5 aromatic rings. The summed E-state index contributed by atoms with van der Waals surface area (Å²) in [7, 11) is 0. The molecule has 0 amide bonds. The maximum absolute atomic E-state index is 13.1. The second-order valence-electron chi connectivity index (χ2n) is 8.02. The standard InChI is InChI=1S/C29H20N2O4/c32-29(35-19-20-7-6-10-24(17-20)31(33)34)26-18-28(30-27-12-5-4-11-25(26)27)23-15-13-22(14-16-23)21-8-2-1-3-9-21/h1-18H,19H2. The summed E-state index contributed by atoms with van der Waals surface area (Å²) in [5.41, 5.74) is 5.32. The number of carbonyl (C=O) groups excluding carboxylic acids is 1. The number of hydrogen-bond donors (Lipinski definition) is 0. The van der Waals surface area contributed by atoms with Crippen LogP contribution in [-0.2, 0) is 11.3 Å². The highest BCUT2D eigenvalue weighted by molar-refractivity contribution is 6.04. The molecule has 1 aromatic heterocycles. The predicted octanol–water partition coefficient (Wildman–Crippen LogP) is 6.83. The molecular formula is C29H20N2O4. The van der Waals surface area contributed by atoms with E-state index in [-0.39, 0.29) is 12.3 Å². The van der Waals surface area contributed by atoms with Crippen molar-refractivity contribution in [3.63, 3.8) is 0 Å². The van der Waals surface area contributed by atoms with E-state index in [9.17, 15) is 14.9 Å². The van der Waals surface area contributed by atoms with Crippen molar-refractivity contribution in [2.45, 2.75) is 6.61 Å². The lowest BCUT2D eigenvalue weighted by Gasteiger charge is -2.11. The van der Waals surface area contributed by atoms with Gasteiger partial charge in [0.1, 0.15) is 6.61 Å². The first-order chi connectivity index (χ1) is 17.1. The van der Waals surface area contributed by atoms with Gasteiger partial charge in [-0.1, -0.05) is 84.9 Å². The molecule has 35 heavy (non-hydrogen) atoms. The maximum atomic E-state index is 13.1. The monoisotopic (exact) mass is 460 g/mol. The van der Waals surface area contributed by atoms with Gasteiger partial charge < -0.3 is 4.74 Å². The van der Waals surface area contributed by atoms with Crippen molar-refractivity contribution in [2.75, 3.05) is 0 Å². The topological polar surface area (TPSA) is 82.3 Å². The number of esters is 1. The molecule has 0 aliphatic heterocycles. The molecule has 1 heterocycles. The molecule has 0 aliphatic rings. The van der Waals surface area contributed by atoms with Gasteiger partial charge in [-0.15, -0.1) is 0 Å². The Balaban J connectivity index is 1.45. The third-order valence-electron chi connectivity index (χ3n) is 5.72. The summed E-state index contributed by atoms with van der Waals surface area (Å²) in [5, 5.41) is 11.7. The van der Waals surface area contributed by atoms with Gasteiger partial charge in [-0.25, -0.2) is 9.78 Å². The molecule has 0 atom stereocenters. The van der Waals surface area contributed by atoms with E-state index in [4.69, 9.17) is 9.72 Å².